The zero-order valence-electron chi connectivity index (χ0n) is 45.9. The minimum atomic E-state index is -0.156. The Bertz CT molecular complexity index is 3200. The lowest BCUT2D eigenvalue weighted by atomic mass is 9.33. The van der Waals surface area contributed by atoms with E-state index in [1.54, 1.807) is 0 Å². The molecule has 2 aliphatic heterocycles. The zero-order valence-corrected chi connectivity index (χ0v) is 45.9. The summed E-state index contributed by atoms with van der Waals surface area (Å²) in [6.45, 7) is 43.4. The zero-order chi connectivity index (χ0) is 51.9. The third-order valence-corrected chi connectivity index (χ3v) is 14.9. The van der Waals surface area contributed by atoms with Crippen LogP contribution in [0.4, 0.5) is 51.2 Å². The first kappa shape index (κ1) is 50.2. The lowest BCUT2D eigenvalue weighted by Crippen LogP contribution is -2.61. The van der Waals surface area contributed by atoms with E-state index in [0.29, 0.717) is 0 Å². The van der Waals surface area contributed by atoms with Gasteiger partial charge in [-0.05, 0) is 131 Å². The lowest BCUT2D eigenvalue weighted by molar-refractivity contribution is 0.587. The summed E-state index contributed by atoms with van der Waals surface area (Å²) in [6.07, 6.45) is 5.91. The van der Waals surface area contributed by atoms with Crippen LogP contribution in [0, 0.1) is 0 Å². The summed E-state index contributed by atoms with van der Waals surface area (Å²) in [7, 11) is 0. The SMILES string of the molecule is C=C/C=C(\C=C)c1ccccc1N1c2ccc(C(C)(C)C)cc2B2c3cc(C(C)(C)C)ccc3N(c3ccc(C(C)(C)C)cc3)c3cc(N(c4ccccc4C(C)(C)C)c4ccccc4C(C)(C)C)cc1c32. The number of hydrogen-bond donors (Lipinski definition) is 0. The maximum absolute atomic E-state index is 4.35. The number of benzene rings is 7. The lowest BCUT2D eigenvalue weighted by Gasteiger charge is -2.46. The van der Waals surface area contributed by atoms with Crippen molar-refractivity contribution in [1.82, 2.24) is 0 Å². The van der Waals surface area contributed by atoms with Gasteiger partial charge in [0.25, 0.3) is 6.71 Å². The van der Waals surface area contributed by atoms with Gasteiger partial charge < -0.3 is 14.7 Å². The van der Waals surface area contributed by atoms with Crippen LogP contribution in [0.5, 0.6) is 0 Å². The molecule has 0 N–H and O–H groups in total. The van der Waals surface area contributed by atoms with Crippen LogP contribution in [0.1, 0.15) is 137 Å². The molecule has 9 rings (SSSR count). The summed E-state index contributed by atoms with van der Waals surface area (Å²) >= 11 is 0. The number of allylic oxidation sites excluding steroid dienone is 4. The number of para-hydroxylation sites is 3. The van der Waals surface area contributed by atoms with Gasteiger partial charge in [-0.25, -0.2) is 0 Å². The van der Waals surface area contributed by atoms with Crippen molar-refractivity contribution in [3.05, 3.63) is 210 Å². The molecule has 0 atom stereocenters. The van der Waals surface area contributed by atoms with Gasteiger partial charge in [-0.2, -0.15) is 0 Å². The van der Waals surface area contributed by atoms with Crippen molar-refractivity contribution >= 4 is 79.9 Å². The minimum absolute atomic E-state index is 0.00177. The molecule has 0 amide bonds. The fourth-order valence-corrected chi connectivity index (χ4v) is 11.0. The standard InChI is InChI=1S/C68H76BN3/c1-18-26-45(19-2)51-27-20-23-30-56(51)72-60-40-36-48(66(9,10)11)42-55(60)69-54-41-47(65(6,7)8)35-39-59(54)70(49-37-33-46(34-38-49)64(3,4)5)61-43-50(44-62(72)63(61)69)71(57-31-24-21-28-52(57)67(12,13)14)58-32-25-22-29-53(58)68(15,16)17/h18-44H,1-2H2,3-17H3/b45-26+. The summed E-state index contributed by atoms with van der Waals surface area (Å²) in [5.41, 5.74) is 22.3. The Morgan fingerprint density at radius 2 is 0.889 bits per heavy atom. The molecule has 3 nitrogen and oxygen atoms in total. The smallest absolute Gasteiger partial charge is 0.252 e. The molecule has 366 valence electrons. The van der Waals surface area contributed by atoms with Gasteiger partial charge >= 0.3 is 0 Å². The highest BCUT2D eigenvalue weighted by molar-refractivity contribution is 7.00. The first-order chi connectivity index (χ1) is 33.8. The molecule has 0 saturated heterocycles. The number of anilines is 9. The highest BCUT2D eigenvalue weighted by atomic mass is 15.2. The number of nitrogens with zero attached hydrogens (tertiary/aromatic N) is 3. The molecular weight excluding hydrogens is 870 g/mol. The maximum Gasteiger partial charge on any atom is 0.252 e. The van der Waals surface area contributed by atoms with Gasteiger partial charge in [0, 0.05) is 45.4 Å². The molecule has 0 aliphatic carbocycles. The average molecular weight is 946 g/mol. The summed E-state index contributed by atoms with van der Waals surface area (Å²) in [4.78, 5) is 7.71. The van der Waals surface area contributed by atoms with E-state index in [0.717, 1.165) is 33.9 Å². The molecule has 0 radical (unpaired) electrons. The van der Waals surface area contributed by atoms with E-state index in [1.807, 2.05) is 12.2 Å². The van der Waals surface area contributed by atoms with Gasteiger partial charge in [-0.1, -0.05) is 226 Å². The number of rotatable bonds is 8. The summed E-state index contributed by atoms with van der Waals surface area (Å²) in [5, 5.41) is 0. The first-order valence-electron chi connectivity index (χ1n) is 26.0. The van der Waals surface area contributed by atoms with Crippen molar-refractivity contribution in [3.63, 3.8) is 0 Å². The van der Waals surface area contributed by atoms with Crippen LogP contribution in [0.15, 0.2) is 177 Å². The second-order valence-corrected chi connectivity index (χ2v) is 25.3. The Labute approximate surface area is 433 Å². The van der Waals surface area contributed by atoms with Gasteiger partial charge in [-0.15, -0.1) is 0 Å². The molecule has 0 aromatic heterocycles. The van der Waals surface area contributed by atoms with E-state index in [2.05, 4.69) is 283 Å². The molecule has 0 saturated carbocycles. The Hall–Kier alpha value is -6.78. The van der Waals surface area contributed by atoms with E-state index >= 15 is 0 Å². The maximum atomic E-state index is 4.35. The van der Waals surface area contributed by atoms with E-state index in [1.165, 1.54) is 72.6 Å². The molecule has 0 fully saturated rings. The van der Waals surface area contributed by atoms with Crippen molar-refractivity contribution in [2.45, 2.75) is 131 Å². The van der Waals surface area contributed by atoms with Crippen LogP contribution in [0.25, 0.3) is 5.57 Å². The molecule has 0 spiro atoms. The van der Waals surface area contributed by atoms with Crippen LogP contribution >= 0.6 is 0 Å². The van der Waals surface area contributed by atoms with Crippen LogP contribution < -0.4 is 31.1 Å². The third-order valence-electron chi connectivity index (χ3n) is 14.9. The normalized spacial score (nSPS) is 13.9. The molecule has 7 aromatic rings. The monoisotopic (exact) mass is 946 g/mol. The van der Waals surface area contributed by atoms with Gasteiger partial charge in [0.1, 0.15) is 0 Å². The predicted octanol–water partition coefficient (Wildman–Crippen LogP) is 17.5. The van der Waals surface area contributed by atoms with Crippen LogP contribution in [-0.2, 0) is 27.1 Å². The molecule has 2 heterocycles. The van der Waals surface area contributed by atoms with Gasteiger partial charge in [-0.3, -0.25) is 0 Å². The van der Waals surface area contributed by atoms with Crippen LogP contribution in [0.3, 0.4) is 0 Å². The highest BCUT2D eigenvalue weighted by Crippen LogP contribution is 2.52. The summed E-state index contributed by atoms with van der Waals surface area (Å²) < 4.78 is 0. The van der Waals surface area contributed by atoms with E-state index in [-0.39, 0.29) is 33.8 Å². The molecule has 72 heavy (non-hydrogen) atoms. The molecule has 0 unspecified atom stereocenters. The van der Waals surface area contributed by atoms with E-state index in [9.17, 15) is 0 Å². The topological polar surface area (TPSA) is 9.72 Å². The second-order valence-electron chi connectivity index (χ2n) is 25.3. The molecule has 7 aromatic carbocycles. The van der Waals surface area contributed by atoms with Crippen molar-refractivity contribution in [2.75, 3.05) is 14.7 Å². The fourth-order valence-electron chi connectivity index (χ4n) is 11.0. The fraction of sp³-hybridized carbons (Fsp3) is 0.294. The summed E-state index contributed by atoms with van der Waals surface area (Å²) in [5.74, 6) is 0. The predicted molar refractivity (Wildman–Crippen MR) is 317 cm³/mol. The Kier molecular flexibility index (Phi) is 12.6. The first-order valence-corrected chi connectivity index (χ1v) is 26.0. The molecular formula is C68H76BN3. The Morgan fingerprint density at radius 1 is 0.444 bits per heavy atom. The average Bonchev–Trinajstić information content (AvgIpc) is 3.32. The van der Waals surface area contributed by atoms with Gasteiger partial charge in [0.2, 0.25) is 0 Å². The number of fused-ring (bicyclic) bond motifs is 4. The Balaban J connectivity index is 1.51. The summed E-state index contributed by atoms with van der Waals surface area (Å²) in [6, 6.07) is 55.9. The van der Waals surface area contributed by atoms with E-state index in [4.69, 9.17) is 0 Å². The quantitative estimate of drug-likeness (QED) is 0.111. The van der Waals surface area contributed by atoms with Crippen molar-refractivity contribution in [1.29, 1.82) is 0 Å². The largest absolute Gasteiger partial charge is 0.311 e. The van der Waals surface area contributed by atoms with Crippen molar-refractivity contribution in [2.24, 2.45) is 0 Å². The molecule has 2 aliphatic rings. The van der Waals surface area contributed by atoms with Gasteiger partial charge in [0.05, 0.1) is 11.4 Å². The minimum Gasteiger partial charge on any atom is -0.311 e. The second kappa shape index (κ2) is 18.1. The van der Waals surface area contributed by atoms with Crippen molar-refractivity contribution in [3.8, 4) is 0 Å². The molecule has 4 heteroatoms. The van der Waals surface area contributed by atoms with Gasteiger partial charge in [0.15, 0.2) is 0 Å². The molecule has 0 bridgehead atoms. The van der Waals surface area contributed by atoms with Crippen LogP contribution in [-0.4, -0.2) is 6.71 Å². The third kappa shape index (κ3) is 8.97. The van der Waals surface area contributed by atoms with E-state index < -0.39 is 0 Å². The highest BCUT2D eigenvalue weighted by Gasteiger charge is 2.45. The number of hydrogen-bond acceptors (Lipinski definition) is 3. The Morgan fingerprint density at radius 3 is 1.36 bits per heavy atom. The van der Waals surface area contributed by atoms with Crippen LogP contribution in [0.2, 0.25) is 0 Å². The van der Waals surface area contributed by atoms with Crippen molar-refractivity contribution < 1.29 is 0 Å².